The molecule has 3 rings (SSSR count). The molecule has 0 N–H and O–H groups in total. The summed E-state index contributed by atoms with van der Waals surface area (Å²) in [4.78, 5) is 23.6. The molecule has 0 aliphatic carbocycles. The third-order valence-electron chi connectivity index (χ3n) is 3.79. The minimum absolute atomic E-state index is 0.246. The van der Waals surface area contributed by atoms with E-state index in [0.717, 1.165) is 5.56 Å². The summed E-state index contributed by atoms with van der Waals surface area (Å²) in [6.45, 7) is 1.30. The fourth-order valence-electron chi connectivity index (χ4n) is 2.51. The molecule has 0 saturated carbocycles. The van der Waals surface area contributed by atoms with Crippen molar-refractivity contribution < 1.29 is 23.8 Å². The third-order valence-corrected chi connectivity index (χ3v) is 6.18. The predicted octanol–water partition coefficient (Wildman–Crippen LogP) is 5.78. The smallest absolute Gasteiger partial charge is 0.343 e. The second-order valence-corrected chi connectivity index (χ2v) is 7.75. The van der Waals surface area contributed by atoms with Gasteiger partial charge in [0.25, 0.3) is 0 Å². The number of methoxy groups -OCH3 is 1. The first-order valence-electron chi connectivity index (χ1n) is 7.96. The Labute approximate surface area is 183 Å². The van der Waals surface area contributed by atoms with Crippen LogP contribution < -0.4 is 9.47 Å². The number of carbonyl (C=O) groups is 2. The van der Waals surface area contributed by atoms with Crippen LogP contribution in [0, 0.1) is 0 Å². The molecule has 0 bridgehead atoms. The van der Waals surface area contributed by atoms with E-state index in [9.17, 15) is 9.59 Å². The number of carbonyl (C=O) groups excluding carboxylic acids is 2. The van der Waals surface area contributed by atoms with E-state index in [4.69, 9.17) is 25.8 Å². The molecule has 2 aromatic carbocycles. The largest absolute Gasteiger partial charge is 0.493 e. The summed E-state index contributed by atoms with van der Waals surface area (Å²) in [7, 11) is 1.46. The molecule has 1 aliphatic heterocycles. The van der Waals surface area contributed by atoms with Gasteiger partial charge in [0.2, 0.25) is 0 Å². The van der Waals surface area contributed by atoms with Crippen LogP contribution in [0.2, 0.25) is 5.02 Å². The van der Waals surface area contributed by atoms with E-state index in [2.05, 4.69) is 31.9 Å². The van der Waals surface area contributed by atoms with Gasteiger partial charge in [0, 0.05) is 22.0 Å². The number of halogens is 3. The molecule has 28 heavy (non-hydrogen) atoms. The van der Waals surface area contributed by atoms with Crippen molar-refractivity contribution in [3.8, 4) is 11.5 Å². The highest BCUT2D eigenvalue weighted by Crippen LogP contribution is 2.44. The van der Waals surface area contributed by atoms with Crippen LogP contribution in [0.3, 0.4) is 0 Å². The Hall–Kier alpha value is -2.09. The Bertz CT molecular complexity index is 1030. The Morgan fingerprint density at radius 2 is 1.86 bits per heavy atom. The Morgan fingerprint density at radius 3 is 2.46 bits per heavy atom. The van der Waals surface area contributed by atoms with Crippen LogP contribution in [0.5, 0.6) is 11.5 Å². The number of rotatable bonds is 4. The zero-order valence-electron chi connectivity index (χ0n) is 14.7. The lowest BCUT2D eigenvalue weighted by Crippen LogP contribution is -2.04. The van der Waals surface area contributed by atoms with Crippen molar-refractivity contribution in [2.75, 3.05) is 7.11 Å². The van der Waals surface area contributed by atoms with E-state index < -0.39 is 11.9 Å². The Balaban J connectivity index is 2.03. The highest BCUT2D eigenvalue weighted by molar-refractivity contribution is 9.13. The van der Waals surface area contributed by atoms with Gasteiger partial charge >= 0.3 is 11.9 Å². The van der Waals surface area contributed by atoms with Crippen molar-refractivity contribution >= 4 is 67.2 Å². The molecular weight excluding hydrogens is 515 g/mol. The molecule has 0 fully saturated rings. The molecule has 0 radical (unpaired) electrons. The normalized spacial score (nSPS) is 14.7. The van der Waals surface area contributed by atoms with Crippen LogP contribution in [0.4, 0.5) is 0 Å². The number of cyclic esters (lactones) is 1. The van der Waals surface area contributed by atoms with E-state index in [1.54, 1.807) is 42.5 Å². The Morgan fingerprint density at radius 1 is 1.18 bits per heavy atom. The fraction of sp³-hybridized carbons (Fsp3) is 0.100. The van der Waals surface area contributed by atoms with Gasteiger partial charge in [-0.2, -0.15) is 0 Å². The molecule has 8 heteroatoms. The van der Waals surface area contributed by atoms with Crippen LogP contribution in [-0.2, 0) is 14.3 Å². The van der Waals surface area contributed by atoms with E-state index in [-0.39, 0.29) is 5.75 Å². The molecule has 0 amide bonds. The molecule has 144 valence electrons. The molecule has 0 atom stereocenters. The summed E-state index contributed by atoms with van der Waals surface area (Å²) >= 11 is 12.7. The number of benzene rings is 2. The first-order chi connectivity index (χ1) is 13.3. The monoisotopic (exact) mass is 526 g/mol. The topological polar surface area (TPSA) is 61.8 Å². The number of hydrogen-bond acceptors (Lipinski definition) is 5. The number of hydrogen-bond donors (Lipinski definition) is 0. The van der Waals surface area contributed by atoms with Crippen molar-refractivity contribution in [1.29, 1.82) is 0 Å². The minimum Gasteiger partial charge on any atom is -0.493 e. The third kappa shape index (κ3) is 4.32. The average molecular weight is 529 g/mol. The van der Waals surface area contributed by atoms with Crippen LogP contribution in [0.1, 0.15) is 18.1 Å². The van der Waals surface area contributed by atoms with Gasteiger partial charge in [-0.3, -0.25) is 4.79 Å². The van der Waals surface area contributed by atoms with Crippen molar-refractivity contribution in [2.45, 2.75) is 6.92 Å². The summed E-state index contributed by atoms with van der Waals surface area (Å²) in [5.41, 5.74) is 1.74. The Kier molecular flexibility index (Phi) is 6.27. The second kappa shape index (κ2) is 8.51. The highest BCUT2D eigenvalue weighted by Gasteiger charge is 2.24. The first kappa shape index (κ1) is 20.6. The van der Waals surface area contributed by atoms with Crippen LogP contribution >= 0.6 is 43.5 Å². The summed E-state index contributed by atoms with van der Waals surface area (Å²) in [5.74, 6) is 0.0651. The van der Waals surface area contributed by atoms with Gasteiger partial charge in [0.15, 0.2) is 11.5 Å². The first-order valence-corrected chi connectivity index (χ1v) is 9.92. The second-order valence-electron chi connectivity index (χ2n) is 5.72. The minimum atomic E-state index is -0.480. The van der Waals surface area contributed by atoms with E-state index in [1.165, 1.54) is 14.0 Å². The van der Waals surface area contributed by atoms with Gasteiger partial charge in [-0.25, -0.2) is 4.79 Å². The van der Waals surface area contributed by atoms with Gasteiger partial charge < -0.3 is 14.2 Å². The maximum atomic E-state index is 12.3. The highest BCUT2D eigenvalue weighted by atomic mass is 79.9. The SMILES string of the molecule is COc1cc(/C=C2\C=C(c3ccc(Cl)cc3)OC2=O)c(Br)c(Br)c1OC(C)=O. The van der Waals surface area contributed by atoms with Crippen molar-refractivity contribution in [2.24, 2.45) is 0 Å². The van der Waals surface area contributed by atoms with Gasteiger partial charge in [-0.05, 0) is 79.9 Å². The van der Waals surface area contributed by atoms with Gasteiger partial charge in [0.05, 0.1) is 17.2 Å². The van der Waals surface area contributed by atoms with Crippen molar-refractivity contribution in [3.63, 3.8) is 0 Å². The van der Waals surface area contributed by atoms with Crippen molar-refractivity contribution in [1.82, 2.24) is 0 Å². The summed E-state index contributed by atoms with van der Waals surface area (Å²) < 4.78 is 17.0. The summed E-state index contributed by atoms with van der Waals surface area (Å²) in [5, 5.41) is 0.596. The number of esters is 2. The van der Waals surface area contributed by atoms with Gasteiger partial charge in [-0.1, -0.05) is 11.6 Å². The van der Waals surface area contributed by atoms with Crippen molar-refractivity contribution in [3.05, 3.63) is 67.1 Å². The molecule has 5 nitrogen and oxygen atoms in total. The zero-order chi connectivity index (χ0) is 20.4. The molecule has 0 aromatic heterocycles. The maximum absolute atomic E-state index is 12.3. The fourth-order valence-corrected chi connectivity index (χ4v) is 3.55. The van der Waals surface area contributed by atoms with Gasteiger partial charge in [0.1, 0.15) is 5.76 Å². The lowest BCUT2D eigenvalue weighted by atomic mass is 10.1. The molecule has 0 saturated heterocycles. The number of ether oxygens (including phenoxy) is 3. The molecule has 2 aromatic rings. The standard InChI is InChI=1S/C20H13Br2ClO5/c1-10(24)27-19-16(26-2)8-12(17(21)18(19)22)7-13-9-15(28-20(13)25)11-3-5-14(23)6-4-11/h3-9H,1-2H3/b13-7+. The summed E-state index contributed by atoms with van der Waals surface area (Å²) in [6, 6.07) is 8.64. The van der Waals surface area contributed by atoms with Gasteiger partial charge in [-0.15, -0.1) is 0 Å². The zero-order valence-corrected chi connectivity index (χ0v) is 18.6. The summed E-state index contributed by atoms with van der Waals surface area (Å²) in [6.07, 6.45) is 3.30. The molecule has 1 heterocycles. The lowest BCUT2D eigenvalue weighted by Gasteiger charge is -2.13. The molecule has 0 unspecified atom stereocenters. The van der Waals surface area contributed by atoms with E-state index >= 15 is 0 Å². The van der Waals surface area contributed by atoms with E-state index in [1.807, 2.05) is 0 Å². The van der Waals surface area contributed by atoms with Crippen LogP contribution in [0.15, 0.2) is 50.9 Å². The average Bonchev–Trinajstić information content (AvgIpc) is 3.02. The van der Waals surface area contributed by atoms with Crippen LogP contribution in [0.25, 0.3) is 11.8 Å². The predicted molar refractivity (Wildman–Crippen MR) is 113 cm³/mol. The molecule has 1 aliphatic rings. The molecular formula is C20H13Br2ClO5. The van der Waals surface area contributed by atoms with E-state index in [0.29, 0.717) is 36.6 Å². The lowest BCUT2D eigenvalue weighted by molar-refractivity contribution is -0.132. The maximum Gasteiger partial charge on any atom is 0.343 e. The quantitative estimate of drug-likeness (QED) is 0.286. The van der Waals surface area contributed by atoms with Crippen LogP contribution in [-0.4, -0.2) is 19.0 Å². The molecule has 0 spiro atoms.